The third-order valence-corrected chi connectivity index (χ3v) is 5.49. The molecule has 0 aromatic heterocycles. The quantitative estimate of drug-likeness (QED) is 0.526. The number of amides is 4. The Labute approximate surface area is 199 Å². The van der Waals surface area contributed by atoms with E-state index in [4.69, 9.17) is 0 Å². The lowest BCUT2D eigenvalue weighted by atomic mass is 10.1. The Morgan fingerprint density at radius 2 is 1.60 bits per heavy atom. The Kier molecular flexibility index (Phi) is 8.45. The van der Waals surface area contributed by atoms with Gasteiger partial charge in [-0.2, -0.15) is 13.2 Å². The predicted molar refractivity (Wildman–Crippen MR) is 121 cm³/mol. The SMILES string of the molecule is O=C(NCC(=O)N1CCC[C@H]1C(=O)Nc1ccccc1)[C@H](Cc1ccccc1)NC(=O)C(F)(F)F. The van der Waals surface area contributed by atoms with E-state index in [1.54, 1.807) is 66.0 Å². The summed E-state index contributed by atoms with van der Waals surface area (Å²) in [5.74, 6) is -4.11. The van der Waals surface area contributed by atoms with E-state index in [9.17, 15) is 32.3 Å². The number of likely N-dealkylation sites (tertiary alicyclic amines) is 1. The number of para-hydroxylation sites is 1. The van der Waals surface area contributed by atoms with Gasteiger partial charge in [0.05, 0.1) is 6.54 Å². The van der Waals surface area contributed by atoms with Crippen molar-refractivity contribution in [2.24, 2.45) is 0 Å². The molecular weight excluding hydrogens is 465 g/mol. The molecule has 186 valence electrons. The van der Waals surface area contributed by atoms with E-state index in [-0.39, 0.29) is 12.3 Å². The second kappa shape index (κ2) is 11.5. The van der Waals surface area contributed by atoms with Crippen molar-refractivity contribution in [3.63, 3.8) is 0 Å². The molecule has 1 aliphatic rings. The van der Waals surface area contributed by atoms with Gasteiger partial charge in [0.2, 0.25) is 17.7 Å². The summed E-state index contributed by atoms with van der Waals surface area (Å²) >= 11 is 0. The van der Waals surface area contributed by atoms with Gasteiger partial charge in [0.1, 0.15) is 12.1 Å². The van der Waals surface area contributed by atoms with Crippen molar-refractivity contribution in [3.05, 3.63) is 66.2 Å². The van der Waals surface area contributed by atoms with Crippen LogP contribution in [-0.2, 0) is 25.6 Å². The van der Waals surface area contributed by atoms with Crippen molar-refractivity contribution in [2.45, 2.75) is 37.5 Å². The van der Waals surface area contributed by atoms with E-state index in [1.165, 1.54) is 4.90 Å². The number of nitrogens with zero attached hydrogens (tertiary/aromatic N) is 1. The van der Waals surface area contributed by atoms with Crippen LogP contribution in [0.2, 0.25) is 0 Å². The first-order chi connectivity index (χ1) is 16.6. The normalized spacial score (nSPS) is 16.3. The van der Waals surface area contributed by atoms with Gasteiger partial charge in [-0.05, 0) is 30.5 Å². The first-order valence-electron chi connectivity index (χ1n) is 11.0. The highest BCUT2D eigenvalue weighted by molar-refractivity contribution is 5.98. The number of hydrogen-bond donors (Lipinski definition) is 3. The monoisotopic (exact) mass is 490 g/mol. The lowest BCUT2D eigenvalue weighted by molar-refractivity contribution is -0.174. The molecule has 0 spiro atoms. The maximum Gasteiger partial charge on any atom is 0.471 e. The van der Waals surface area contributed by atoms with E-state index in [2.05, 4.69) is 10.6 Å². The lowest BCUT2D eigenvalue weighted by Crippen LogP contribution is -2.54. The molecule has 2 atom stereocenters. The molecule has 3 N–H and O–H groups in total. The zero-order chi connectivity index (χ0) is 25.4. The molecule has 4 amide bonds. The zero-order valence-corrected chi connectivity index (χ0v) is 18.7. The summed E-state index contributed by atoms with van der Waals surface area (Å²) in [5.41, 5.74) is 1.10. The minimum atomic E-state index is -5.17. The minimum absolute atomic E-state index is 0.200. The Morgan fingerprint density at radius 1 is 0.971 bits per heavy atom. The Balaban J connectivity index is 1.61. The molecule has 1 aliphatic heterocycles. The van der Waals surface area contributed by atoms with Crippen LogP contribution in [0.25, 0.3) is 0 Å². The third-order valence-electron chi connectivity index (χ3n) is 5.49. The zero-order valence-electron chi connectivity index (χ0n) is 18.7. The molecule has 0 saturated carbocycles. The van der Waals surface area contributed by atoms with Crippen LogP contribution >= 0.6 is 0 Å². The van der Waals surface area contributed by atoms with Crippen molar-refractivity contribution in [1.29, 1.82) is 0 Å². The second-order valence-electron chi connectivity index (χ2n) is 8.03. The lowest BCUT2D eigenvalue weighted by Gasteiger charge is -2.25. The maximum atomic E-state index is 12.8. The van der Waals surface area contributed by atoms with E-state index in [1.807, 2.05) is 0 Å². The number of anilines is 1. The van der Waals surface area contributed by atoms with Crippen molar-refractivity contribution < 1.29 is 32.3 Å². The molecule has 1 saturated heterocycles. The van der Waals surface area contributed by atoms with Crippen molar-refractivity contribution in [1.82, 2.24) is 15.5 Å². The van der Waals surface area contributed by atoms with Crippen molar-refractivity contribution in [3.8, 4) is 0 Å². The molecule has 11 heteroatoms. The molecule has 0 aliphatic carbocycles. The van der Waals surface area contributed by atoms with Crippen LogP contribution in [0.1, 0.15) is 18.4 Å². The average molecular weight is 490 g/mol. The standard InChI is InChI=1S/C24H25F3N4O4/c25-24(26,27)23(35)30-18(14-16-8-3-1-4-9-16)21(33)28-15-20(32)31-13-7-12-19(31)22(34)29-17-10-5-2-6-11-17/h1-6,8-11,18-19H,7,12-15H2,(H,28,33)(H,29,34)(H,30,35)/t18-,19-/m0/s1. The highest BCUT2D eigenvalue weighted by Gasteiger charge is 2.41. The summed E-state index contributed by atoms with van der Waals surface area (Å²) in [7, 11) is 0. The summed E-state index contributed by atoms with van der Waals surface area (Å²) in [4.78, 5) is 50.8. The topological polar surface area (TPSA) is 108 Å². The largest absolute Gasteiger partial charge is 0.471 e. The highest BCUT2D eigenvalue weighted by Crippen LogP contribution is 2.19. The van der Waals surface area contributed by atoms with Crippen molar-refractivity contribution >= 4 is 29.3 Å². The van der Waals surface area contributed by atoms with Gasteiger partial charge in [0.25, 0.3) is 0 Å². The van der Waals surface area contributed by atoms with Crippen LogP contribution in [0.5, 0.6) is 0 Å². The predicted octanol–water partition coefficient (Wildman–Crippen LogP) is 2.02. The molecule has 0 unspecified atom stereocenters. The van der Waals surface area contributed by atoms with Crippen LogP contribution in [-0.4, -0.2) is 59.9 Å². The van der Waals surface area contributed by atoms with E-state index in [0.717, 1.165) is 0 Å². The fourth-order valence-corrected chi connectivity index (χ4v) is 3.77. The van der Waals surface area contributed by atoms with Gasteiger partial charge in [-0.3, -0.25) is 19.2 Å². The summed E-state index contributed by atoms with van der Waals surface area (Å²) in [5, 5.41) is 6.73. The number of nitrogens with one attached hydrogen (secondary N) is 3. The summed E-state index contributed by atoms with van der Waals surface area (Å²) < 4.78 is 38.3. The van der Waals surface area contributed by atoms with Gasteiger partial charge in [-0.1, -0.05) is 48.5 Å². The van der Waals surface area contributed by atoms with Gasteiger partial charge < -0.3 is 20.9 Å². The number of rotatable bonds is 8. The minimum Gasteiger partial charge on any atom is -0.345 e. The van der Waals surface area contributed by atoms with Crippen LogP contribution in [0.4, 0.5) is 18.9 Å². The molecule has 2 aromatic carbocycles. The number of benzene rings is 2. The Morgan fingerprint density at radius 3 is 2.23 bits per heavy atom. The van der Waals surface area contributed by atoms with Gasteiger partial charge in [-0.25, -0.2) is 0 Å². The van der Waals surface area contributed by atoms with Crippen LogP contribution in [0.3, 0.4) is 0 Å². The third kappa shape index (κ3) is 7.29. The maximum absolute atomic E-state index is 12.8. The molecular formula is C24H25F3N4O4. The molecule has 1 fully saturated rings. The number of alkyl halides is 3. The molecule has 8 nitrogen and oxygen atoms in total. The van der Waals surface area contributed by atoms with Gasteiger partial charge in [0.15, 0.2) is 0 Å². The second-order valence-corrected chi connectivity index (χ2v) is 8.03. The molecule has 1 heterocycles. The first kappa shape index (κ1) is 25.7. The van der Waals surface area contributed by atoms with Gasteiger partial charge in [0, 0.05) is 18.7 Å². The Hall–Kier alpha value is -3.89. The van der Waals surface area contributed by atoms with Crippen LogP contribution in [0, 0.1) is 0 Å². The molecule has 3 rings (SSSR count). The summed E-state index contributed by atoms with van der Waals surface area (Å²) in [6, 6.07) is 14.6. The molecule has 0 radical (unpaired) electrons. The average Bonchev–Trinajstić information content (AvgIpc) is 3.33. The first-order valence-corrected chi connectivity index (χ1v) is 11.0. The van der Waals surface area contributed by atoms with Crippen LogP contribution < -0.4 is 16.0 Å². The van der Waals surface area contributed by atoms with E-state index >= 15 is 0 Å². The molecule has 35 heavy (non-hydrogen) atoms. The van der Waals surface area contributed by atoms with Crippen molar-refractivity contribution in [2.75, 3.05) is 18.4 Å². The number of carbonyl (C=O) groups is 4. The number of carbonyl (C=O) groups excluding carboxylic acids is 4. The fraction of sp³-hybridized carbons (Fsp3) is 0.333. The van der Waals surface area contributed by atoms with E-state index in [0.29, 0.717) is 30.6 Å². The van der Waals surface area contributed by atoms with Gasteiger partial charge in [-0.15, -0.1) is 0 Å². The highest BCUT2D eigenvalue weighted by atomic mass is 19.4. The summed E-state index contributed by atoms with van der Waals surface area (Å²) in [6.07, 6.45) is -4.34. The van der Waals surface area contributed by atoms with Gasteiger partial charge >= 0.3 is 12.1 Å². The van der Waals surface area contributed by atoms with Crippen LogP contribution in [0.15, 0.2) is 60.7 Å². The fourth-order valence-electron chi connectivity index (χ4n) is 3.77. The van der Waals surface area contributed by atoms with E-state index < -0.39 is 42.5 Å². The number of halogens is 3. The summed E-state index contributed by atoms with van der Waals surface area (Å²) in [6.45, 7) is -0.221. The Bertz CT molecular complexity index is 1050. The molecule has 0 bridgehead atoms. The smallest absolute Gasteiger partial charge is 0.345 e. The number of hydrogen-bond acceptors (Lipinski definition) is 4. The molecule has 2 aromatic rings.